The Bertz CT molecular complexity index is 2490. The molecule has 0 radical (unpaired) electrons. The number of amides is 5. The SMILES string of the molecule is CC(C(N)=O)C(C)(C)S.CC(CS(C)(C)SCCC(=O)NCCCCCCOP(C)(=O)O)C(N)=O.CP(=O)(O)OCCCCCCCC(=O)CCSSc1ccccn1.CP(=O)(O)OCCCCCCN.O=C(CCSSc1ccccn1)ON1C(=O)CCC1=O. The van der Waals surface area contributed by atoms with Gasteiger partial charge in [-0.25, -0.2) is 14.8 Å². The van der Waals surface area contributed by atoms with Crippen LogP contribution in [0, 0.1) is 11.8 Å². The number of rotatable bonds is 44. The zero-order valence-electron chi connectivity index (χ0n) is 54.4. The van der Waals surface area contributed by atoms with Crippen molar-refractivity contribution < 1.29 is 80.3 Å². The molecule has 526 valence electrons. The van der Waals surface area contributed by atoms with Gasteiger partial charge in [-0.1, -0.05) is 106 Å². The number of Topliss-reactive ketones (excluding diaryl/α,β-unsaturated/α-hetero) is 1. The summed E-state index contributed by atoms with van der Waals surface area (Å²) >= 11 is 4.19. The topological polar surface area (TPSA) is 387 Å². The van der Waals surface area contributed by atoms with Crippen LogP contribution in [-0.2, 0) is 65.7 Å². The van der Waals surface area contributed by atoms with Crippen LogP contribution in [0.3, 0.4) is 0 Å². The Morgan fingerprint density at radius 2 is 1.10 bits per heavy atom. The predicted molar refractivity (Wildman–Crippen MR) is 379 cm³/mol. The summed E-state index contributed by atoms with van der Waals surface area (Å²) < 4.78 is 46.4. The molecule has 2 aromatic rings. The largest absolute Gasteiger partial charge is 0.369 e. The molecule has 0 bridgehead atoms. The number of carbonyl (C=O) groups is 7. The highest BCUT2D eigenvalue weighted by atomic mass is 33.2. The van der Waals surface area contributed by atoms with E-state index in [1.54, 1.807) is 51.7 Å². The second kappa shape index (κ2) is 53.0. The van der Waals surface area contributed by atoms with Crippen LogP contribution in [0.1, 0.15) is 150 Å². The van der Waals surface area contributed by atoms with Crippen molar-refractivity contribution in [2.45, 2.75) is 164 Å². The number of pyridine rings is 2. The molecule has 3 heterocycles. The van der Waals surface area contributed by atoms with Gasteiger partial charge in [0.25, 0.3) is 11.8 Å². The van der Waals surface area contributed by atoms with E-state index in [2.05, 4.69) is 44.9 Å². The molecule has 1 fully saturated rings. The van der Waals surface area contributed by atoms with Gasteiger partial charge in [-0.3, -0.25) is 42.5 Å². The first kappa shape index (κ1) is 90.9. The maximum absolute atomic E-state index is 11.8. The number of unbranched alkanes of at least 4 members (excludes halogenated alkanes) is 10. The number of nitrogens with zero attached hydrogens (tertiary/aromatic N) is 3. The molecule has 1 saturated heterocycles. The first-order valence-corrected chi connectivity index (χ1v) is 45.2. The lowest BCUT2D eigenvalue weighted by Gasteiger charge is -2.32. The lowest BCUT2D eigenvalue weighted by atomic mass is 9.97. The molecule has 5 unspecified atom stereocenters. The van der Waals surface area contributed by atoms with Crippen molar-refractivity contribution in [1.82, 2.24) is 20.3 Å². The van der Waals surface area contributed by atoms with Crippen LogP contribution in [0.25, 0.3) is 0 Å². The third kappa shape index (κ3) is 60.0. The van der Waals surface area contributed by atoms with Crippen LogP contribution in [0.15, 0.2) is 58.8 Å². The molecule has 2 aromatic heterocycles. The predicted octanol–water partition coefficient (Wildman–Crippen LogP) is 11.6. The molecular formula is C57H104N7O17P3S7. The van der Waals surface area contributed by atoms with Gasteiger partial charge >= 0.3 is 28.8 Å². The standard InChI is InChI=1S/C16H35N2O5PS2.C16H26NO4PS2.C12H12N2O4S2.C7H18NO3P.C6H13NOS/c1-14(16(17)20)13-26(3,4)25-12-9-15(19)18-10-7-5-6-8-11-23-24(2,21)22;1-22(19,20)21-13-8-4-2-3-5-9-15(18)11-14-23-24-16-10-6-7-12-17-16;15-10-4-5-11(16)14(10)18-12(17)6-8-19-20-9-3-1-2-7-13-9;1-12(9,10)11-7-5-3-2-4-6-8;1-4(5(7)8)6(2,3)9/h14H,5-13H2,1-4H3,(H2,17,20)(H,18,19)(H,21,22);6-7,10,12H,2-5,8-9,11,13-14H2,1H3,(H,19,20);1-3,7H,4-6,8H2;2-8H2,1H3,(H,9,10);4,9H,1-3H3,(H2,7,8). The summed E-state index contributed by atoms with van der Waals surface area (Å²) in [6.07, 6.45) is 21.9. The van der Waals surface area contributed by atoms with E-state index in [9.17, 15) is 47.3 Å². The summed E-state index contributed by atoms with van der Waals surface area (Å²) in [5.41, 5.74) is 15.6. The number of carbonyl (C=O) groups excluding carboxylic acids is 7. The number of imide groups is 1. The fourth-order valence-corrected chi connectivity index (χ4v) is 16.8. The summed E-state index contributed by atoms with van der Waals surface area (Å²) in [6.45, 7) is 13.3. The second-order valence-electron chi connectivity index (χ2n) is 21.9. The number of aromatic nitrogens is 2. The van der Waals surface area contributed by atoms with Crippen molar-refractivity contribution in [1.29, 1.82) is 0 Å². The number of thiol groups is 1. The number of nitrogens with two attached hydrogens (primary N) is 3. The highest BCUT2D eigenvalue weighted by molar-refractivity contribution is 8.93. The molecular weight excluding hydrogens is 1370 g/mol. The average Bonchev–Trinajstić information content (AvgIpc) is 2.03. The molecule has 0 aromatic carbocycles. The summed E-state index contributed by atoms with van der Waals surface area (Å²) in [5, 5.41) is 5.31. The van der Waals surface area contributed by atoms with Gasteiger partial charge < -0.3 is 55.6 Å². The van der Waals surface area contributed by atoms with Gasteiger partial charge in [0.05, 0.1) is 26.2 Å². The molecule has 91 heavy (non-hydrogen) atoms. The number of hydroxylamine groups is 2. The van der Waals surface area contributed by atoms with E-state index >= 15 is 0 Å². The minimum Gasteiger partial charge on any atom is -0.369 e. The lowest BCUT2D eigenvalue weighted by molar-refractivity contribution is -0.197. The van der Waals surface area contributed by atoms with Gasteiger partial charge in [-0.2, -0.15) is 21.7 Å². The Kier molecular flexibility index (Phi) is 52.9. The zero-order valence-corrected chi connectivity index (χ0v) is 62.9. The minimum atomic E-state index is -3.36. The van der Waals surface area contributed by atoms with Gasteiger partial charge in [-0.15, -0.1) is 15.9 Å². The van der Waals surface area contributed by atoms with Crippen LogP contribution < -0.4 is 22.5 Å². The van der Waals surface area contributed by atoms with E-state index in [1.165, 1.54) is 41.6 Å². The van der Waals surface area contributed by atoms with Gasteiger partial charge in [0, 0.05) is 105 Å². The third-order valence-corrected chi connectivity index (χ3v) is 24.1. The van der Waals surface area contributed by atoms with Crippen molar-refractivity contribution in [3.05, 3.63) is 48.8 Å². The van der Waals surface area contributed by atoms with Crippen molar-refractivity contribution in [3.63, 3.8) is 0 Å². The third-order valence-electron chi connectivity index (χ3n) is 12.1. The van der Waals surface area contributed by atoms with E-state index in [0.29, 0.717) is 68.8 Å². The van der Waals surface area contributed by atoms with Crippen molar-refractivity contribution in [2.24, 2.45) is 29.0 Å². The summed E-state index contributed by atoms with van der Waals surface area (Å²) in [4.78, 5) is 119. The molecule has 0 saturated carbocycles. The van der Waals surface area contributed by atoms with E-state index < -0.39 is 49.6 Å². The monoisotopic (exact) mass is 1480 g/mol. The highest BCUT2D eigenvalue weighted by Gasteiger charge is 2.33. The molecule has 34 heteroatoms. The van der Waals surface area contributed by atoms with Gasteiger partial charge in [-0.05, 0) is 109 Å². The molecule has 5 amide bonds. The average molecular weight is 1480 g/mol. The molecule has 0 spiro atoms. The molecule has 3 rings (SSSR count). The molecule has 5 atom stereocenters. The second-order valence-corrected chi connectivity index (χ2v) is 40.8. The first-order valence-electron chi connectivity index (χ1n) is 29.9. The Labute approximate surface area is 567 Å². The Morgan fingerprint density at radius 3 is 1.51 bits per heavy atom. The van der Waals surface area contributed by atoms with Crippen LogP contribution >= 0.6 is 98.4 Å². The number of ketones is 1. The van der Waals surface area contributed by atoms with Crippen LogP contribution in [-0.4, -0.2) is 164 Å². The van der Waals surface area contributed by atoms with Crippen LogP contribution in [0.4, 0.5) is 0 Å². The molecule has 24 nitrogen and oxygen atoms in total. The lowest BCUT2D eigenvalue weighted by Crippen LogP contribution is -2.34. The van der Waals surface area contributed by atoms with Gasteiger partial charge in [0.1, 0.15) is 15.8 Å². The maximum Gasteiger partial charge on any atom is 0.334 e. The summed E-state index contributed by atoms with van der Waals surface area (Å²) in [6, 6.07) is 11.4. The Hall–Kier alpha value is -2.15. The fraction of sp³-hybridized carbons (Fsp3) is 0.702. The van der Waals surface area contributed by atoms with Crippen LogP contribution in [0.5, 0.6) is 0 Å². The molecule has 1 aliphatic heterocycles. The van der Waals surface area contributed by atoms with Gasteiger partial charge in [0.15, 0.2) is 0 Å². The number of hydrogen-bond acceptors (Lipinski definition) is 23. The van der Waals surface area contributed by atoms with Crippen molar-refractivity contribution >= 4 is 140 Å². The smallest absolute Gasteiger partial charge is 0.334 e. The van der Waals surface area contributed by atoms with Gasteiger partial charge in [0.2, 0.25) is 17.7 Å². The maximum atomic E-state index is 11.8. The first-order chi connectivity index (χ1) is 42.5. The van der Waals surface area contributed by atoms with E-state index in [4.69, 9.17) is 45.8 Å². The van der Waals surface area contributed by atoms with Crippen molar-refractivity contribution in [3.8, 4) is 0 Å². The Morgan fingerprint density at radius 1 is 0.659 bits per heavy atom. The quantitative estimate of drug-likeness (QED) is 0.0100. The molecule has 0 aliphatic carbocycles. The minimum absolute atomic E-state index is 0.0474. The van der Waals surface area contributed by atoms with Crippen LogP contribution in [0.2, 0.25) is 0 Å². The summed E-state index contributed by atoms with van der Waals surface area (Å²) in [7, 11) is -2.96. The van der Waals surface area contributed by atoms with E-state index in [-0.39, 0.29) is 53.6 Å². The molecule has 1 aliphatic rings. The molecule has 10 N–H and O–H groups in total. The normalized spacial score (nSPS) is 14.9. The van der Waals surface area contributed by atoms with E-state index in [0.717, 1.165) is 111 Å². The number of nitrogens with one attached hydrogen (secondary N) is 1. The highest BCUT2D eigenvalue weighted by Crippen LogP contribution is 2.54. The number of hydrogen-bond donors (Lipinski definition) is 8. The fourth-order valence-electron chi connectivity index (χ4n) is 6.80. The van der Waals surface area contributed by atoms with E-state index in [1.807, 2.05) is 57.2 Å². The number of primary amides is 2. The zero-order chi connectivity index (χ0) is 69.4. The summed E-state index contributed by atoms with van der Waals surface area (Å²) in [5.74, 6) is 0.842. The Balaban J connectivity index is 0. The van der Waals surface area contributed by atoms with Crippen molar-refractivity contribution in [2.75, 3.05) is 88.4 Å².